The van der Waals surface area contributed by atoms with E-state index in [1.807, 2.05) is 18.3 Å². The van der Waals surface area contributed by atoms with Gasteiger partial charge in [0.25, 0.3) is 0 Å². The Hall–Kier alpha value is -7.02. The SMILES string of the molecule is CC(C)c1cc(-c2ccc(-c3ccccc3)cc2)cc(C(C)C)c1-n1c(-c2[c-]ccc3c2oc2cc(-c4ccccc4)ccc23)nc2ccccc21.C[Si](C)(C)c1ccnc(-c2[c-]cc(F)cc2)c1.[Ir]. The zero-order chi connectivity index (χ0) is 47.8. The molecule has 0 aliphatic heterocycles. The normalized spacial score (nSPS) is 11.6. The molecular formula is C63H54FIrN3OSi-2. The third kappa shape index (κ3) is 9.62. The van der Waals surface area contributed by atoms with Gasteiger partial charge in [-0.2, -0.15) is 0 Å². The van der Waals surface area contributed by atoms with Crippen molar-refractivity contribution >= 4 is 46.2 Å². The Bertz CT molecular complexity index is 3560. The van der Waals surface area contributed by atoms with E-state index < -0.39 is 8.07 Å². The maximum Gasteiger partial charge on any atom is 0.121 e. The first-order valence-corrected chi connectivity index (χ1v) is 27.3. The molecule has 0 atom stereocenters. The summed E-state index contributed by atoms with van der Waals surface area (Å²) in [5.74, 6) is 1.08. The number of hydrogen-bond acceptors (Lipinski definition) is 3. The first kappa shape index (κ1) is 48.0. The minimum Gasteiger partial charge on any atom is -0.501 e. The van der Waals surface area contributed by atoms with Gasteiger partial charge in [0.05, 0.1) is 30.5 Å². The van der Waals surface area contributed by atoms with E-state index in [1.165, 1.54) is 56.4 Å². The maximum absolute atomic E-state index is 12.8. The molecule has 0 aliphatic rings. The first-order valence-electron chi connectivity index (χ1n) is 23.8. The van der Waals surface area contributed by atoms with Crippen molar-refractivity contribution in [2.24, 2.45) is 0 Å². The van der Waals surface area contributed by atoms with Gasteiger partial charge in [-0.25, -0.2) is 0 Å². The van der Waals surface area contributed by atoms with Gasteiger partial charge in [0, 0.05) is 43.2 Å². The van der Waals surface area contributed by atoms with E-state index in [-0.39, 0.29) is 37.8 Å². The summed E-state index contributed by atoms with van der Waals surface area (Å²) >= 11 is 0. The topological polar surface area (TPSA) is 43.9 Å². The summed E-state index contributed by atoms with van der Waals surface area (Å²) in [6, 6.07) is 69.0. The number of fused-ring (bicyclic) bond motifs is 4. The molecule has 349 valence electrons. The molecule has 0 fully saturated rings. The van der Waals surface area contributed by atoms with Crippen LogP contribution in [0.3, 0.4) is 0 Å². The Morgan fingerprint density at radius 3 is 1.81 bits per heavy atom. The smallest absolute Gasteiger partial charge is 0.121 e. The molecule has 0 saturated carbocycles. The molecule has 0 spiro atoms. The predicted octanol–water partition coefficient (Wildman–Crippen LogP) is 16.9. The molecular weight excluding hydrogens is 1050 g/mol. The van der Waals surface area contributed by atoms with Crippen molar-refractivity contribution in [1.82, 2.24) is 14.5 Å². The fourth-order valence-corrected chi connectivity index (χ4v) is 10.4. The Kier molecular flexibility index (Phi) is 13.8. The molecule has 3 heterocycles. The second-order valence-electron chi connectivity index (χ2n) is 19.4. The molecule has 0 N–H and O–H groups in total. The van der Waals surface area contributed by atoms with Crippen LogP contribution in [0.1, 0.15) is 50.7 Å². The van der Waals surface area contributed by atoms with E-state index >= 15 is 0 Å². The number of benzene rings is 8. The number of rotatable bonds is 9. The van der Waals surface area contributed by atoms with E-state index in [9.17, 15) is 4.39 Å². The average Bonchev–Trinajstić information content (AvgIpc) is 3.95. The monoisotopic (exact) mass is 1110 g/mol. The summed E-state index contributed by atoms with van der Waals surface area (Å²) in [6.07, 6.45) is 1.82. The standard InChI is InChI=1S/C49H39N2O.C14H15FNSi.Ir/c1-31(2)42-28-38(36-24-22-35(23-25-36)33-14-7-5-8-15-33)29-43(32(3)4)47(42)51-45-21-12-11-20-44(45)50-49(51)41-19-13-18-40-39-27-26-37(30-46(39)52-48(40)41)34-16-9-6-10-17-34;1-17(2,3)13-8-9-16-14(10-13)11-4-6-12(15)7-5-11;/h5-18,20-32H,1-4H3;4,6-10H,1-3H3;/q2*-1;. The Morgan fingerprint density at radius 1 is 0.586 bits per heavy atom. The molecule has 0 aliphatic carbocycles. The predicted molar refractivity (Wildman–Crippen MR) is 289 cm³/mol. The van der Waals surface area contributed by atoms with Crippen LogP contribution in [0.25, 0.3) is 94.7 Å². The van der Waals surface area contributed by atoms with Gasteiger partial charge in [-0.3, -0.25) is 9.37 Å². The van der Waals surface area contributed by atoms with Crippen LogP contribution >= 0.6 is 0 Å². The van der Waals surface area contributed by atoms with E-state index in [0.29, 0.717) is 0 Å². The summed E-state index contributed by atoms with van der Waals surface area (Å²) in [5.41, 5.74) is 17.1. The van der Waals surface area contributed by atoms with E-state index in [4.69, 9.17) is 9.40 Å². The third-order valence-corrected chi connectivity index (χ3v) is 15.0. The van der Waals surface area contributed by atoms with Crippen molar-refractivity contribution in [3.8, 4) is 61.7 Å². The minimum atomic E-state index is -1.34. The number of nitrogens with zero attached hydrogens (tertiary/aromatic N) is 3. The van der Waals surface area contributed by atoms with Crippen LogP contribution in [-0.2, 0) is 20.1 Å². The zero-order valence-electron chi connectivity index (χ0n) is 40.5. The molecule has 4 nitrogen and oxygen atoms in total. The van der Waals surface area contributed by atoms with Gasteiger partial charge >= 0.3 is 0 Å². The molecule has 7 heteroatoms. The fourth-order valence-electron chi connectivity index (χ4n) is 9.22. The fraction of sp³-hybridized carbons (Fsp3) is 0.143. The van der Waals surface area contributed by atoms with Crippen molar-refractivity contribution in [2.45, 2.75) is 59.2 Å². The number of aromatic nitrogens is 3. The van der Waals surface area contributed by atoms with Gasteiger partial charge < -0.3 is 14.0 Å². The maximum atomic E-state index is 12.8. The minimum absolute atomic E-state index is 0. The van der Waals surface area contributed by atoms with Crippen molar-refractivity contribution in [1.29, 1.82) is 0 Å². The summed E-state index contributed by atoms with van der Waals surface area (Å²) in [5, 5.41) is 3.49. The summed E-state index contributed by atoms with van der Waals surface area (Å²) < 4.78 is 22.0. The molecule has 11 rings (SSSR count). The molecule has 0 amide bonds. The number of furan rings is 1. The van der Waals surface area contributed by atoms with Crippen LogP contribution in [0.15, 0.2) is 193 Å². The summed E-state index contributed by atoms with van der Waals surface area (Å²) in [7, 11) is -1.34. The van der Waals surface area contributed by atoms with E-state index in [0.717, 1.165) is 66.7 Å². The van der Waals surface area contributed by atoms with Gasteiger partial charge in [-0.05, 0) is 98.4 Å². The molecule has 11 aromatic rings. The van der Waals surface area contributed by atoms with Crippen LogP contribution in [0.4, 0.5) is 4.39 Å². The van der Waals surface area contributed by atoms with Gasteiger partial charge in [-0.15, -0.1) is 48.0 Å². The second kappa shape index (κ2) is 20.1. The van der Waals surface area contributed by atoms with Gasteiger partial charge in [0.2, 0.25) is 0 Å². The molecule has 1 radical (unpaired) electrons. The van der Waals surface area contributed by atoms with Gasteiger partial charge in [0.15, 0.2) is 0 Å². The molecule has 0 bridgehead atoms. The summed E-state index contributed by atoms with van der Waals surface area (Å²) in [6.45, 7) is 16.0. The number of hydrogen-bond donors (Lipinski definition) is 0. The Balaban J connectivity index is 0.000000286. The molecule has 0 saturated heterocycles. The van der Waals surface area contributed by atoms with Crippen LogP contribution in [0.2, 0.25) is 19.6 Å². The van der Waals surface area contributed by atoms with Crippen LogP contribution in [0.5, 0.6) is 0 Å². The molecule has 8 aromatic carbocycles. The van der Waals surface area contributed by atoms with Crippen LogP contribution in [0, 0.1) is 17.9 Å². The molecule has 3 aromatic heterocycles. The van der Waals surface area contributed by atoms with Crippen LogP contribution in [-0.4, -0.2) is 22.6 Å². The van der Waals surface area contributed by atoms with Gasteiger partial charge in [0.1, 0.15) is 5.58 Å². The quantitative estimate of drug-likeness (QED) is 0.107. The Morgan fingerprint density at radius 2 is 1.19 bits per heavy atom. The van der Waals surface area contributed by atoms with Crippen molar-refractivity contribution < 1.29 is 28.9 Å². The Labute approximate surface area is 425 Å². The number of imidazole rings is 1. The number of pyridine rings is 1. The van der Waals surface area contributed by atoms with E-state index in [2.05, 4.69) is 221 Å². The van der Waals surface area contributed by atoms with Gasteiger partial charge in [-0.1, -0.05) is 179 Å². The zero-order valence-corrected chi connectivity index (χ0v) is 43.9. The number of para-hydroxylation sites is 2. The van der Waals surface area contributed by atoms with E-state index in [1.54, 1.807) is 6.07 Å². The number of halogens is 1. The largest absolute Gasteiger partial charge is 0.501 e. The molecule has 0 unspecified atom stereocenters. The second-order valence-corrected chi connectivity index (χ2v) is 24.5. The van der Waals surface area contributed by atoms with Crippen molar-refractivity contribution in [3.05, 3.63) is 217 Å². The molecule has 70 heavy (non-hydrogen) atoms. The summed E-state index contributed by atoms with van der Waals surface area (Å²) in [4.78, 5) is 9.66. The van der Waals surface area contributed by atoms with Crippen molar-refractivity contribution in [2.75, 3.05) is 0 Å². The average molecular weight is 1110 g/mol. The third-order valence-electron chi connectivity index (χ3n) is 13.0. The van der Waals surface area contributed by atoms with Crippen LogP contribution < -0.4 is 5.19 Å². The van der Waals surface area contributed by atoms with Crippen molar-refractivity contribution in [3.63, 3.8) is 0 Å². The first-order chi connectivity index (χ1) is 33.4.